The zero-order chi connectivity index (χ0) is 18.4. The maximum Gasteiger partial charge on any atom is 0.435 e. The maximum atomic E-state index is 12.9. The molecule has 0 unspecified atom stereocenters. The highest BCUT2D eigenvalue weighted by Crippen LogP contribution is 2.30. The number of nitrogens with zero attached hydrogens (tertiary/aromatic N) is 3. The van der Waals surface area contributed by atoms with Crippen LogP contribution >= 0.6 is 0 Å². The van der Waals surface area contributed by atoms with Crippen LogP contribution < -0.4 is 15.4 Å². The maximum absolute atomic E-state index is 12.9. The summed E-state index contributed by atoms with van der Waals surface area (Å²) in [6.07, 6.45) is -3.15. The molecule has 0 aliphatic carbocycles. The van der Waals surface area contributed by atoms with E-state index in [1.165, 1.54) is 13.2 Å². The minimum Gasteiger partial charge on any atom is -0.497 e. The number of aliphatic imine (C=N–C) groups is 1. The van der Waals surface area contributed by atoms with Gasteiger partial charge >= 0.3 is 6.18 Å². The van der Waals surface area contributed by atoms with Crippen molar-refractivity contribution in [3.8, 4) is 5.75 Å². The zero-order valence-corrected chi connectivity index (χ0v) is 14.2. The third kappa shape index (κ3) is 5.13. The van der Waals surface area contributed by atoms with Crippen LogP contribution in [0, 0.1) is 0 Å². The molecule has 2 N–H and O–H groups in total. The Balaban J connectivity index is 1.94. The summed E-state index contributed by atoms with van der Waals surface area (Å²) in [6.45, 7) is 0.438. The molecule has 136 valence electrons. The number of ether oxygens (including phenoxy) is 1. The fourth-order valence-corrected chi connectivity index (χ4v) is 2.23. The van der Waals surface area contributed by atoms with Crippen LogP contribution in [0.25, 0.3) is 0 Å². The van der Waals surface area contributed by atoms with Crippen LogP contribution in [0.1, 0.15) is 16.8 Å². The molecular weight excluding hydrogens is 335 g/mol. The fraction of sp³-hybridized carbons (Fsp3) is 0.375. The molecule has 0 saturated heterocycles. The van der Waals surface area contributed by atoms with Crippen LogP contribution in [-0.2, 0) is 26.3 Å². The number of aromatic nitrogens is 2. The number of guanidine groups is 1. The van der Waals surface area contributed by atoms with Crippen LogP contribution in [0.15, 0.2) is 35.5 Å². The second kappa shape index (κ2) is 7.91. The number of alkyl halides is 3. The Bertz CT molecular complexity index is 722. The summed E-state index contributed by atoms with van der Waals surface area (Å²) in [5.74, 6) is 1.15. The van der Waals surface area contributed by atoms with Gasteiger partial charge in [-0.15, -0.1) is 0 Å². The van der Waals surface area contributed by atoms with Gasteiger partial charge in [0.15, 0.2) is 11.7 Å². The number of aryl methyl sites for hydroxylation is 1. The standard InChI is InChI=1S/C16H20F3N5O/c1-20-15(21-8-11-4-6-13(25-3)7-5-11)22-9-12-10-24(2)23-14(12)16(17,18)19/h4-7,10H,8-9H2,1-3H3,(H2,20,21,22). The van der Waals surface area contributed by atoms with E-state index in [1.807, 2.05) is 24.3 Å². The number of methoxy groups -OCH3 is 1. The van der Waals surface area contributed by atoms with Crippen molar-refractivity contribution >= 4 is 5.96 Å². The monoisotopic (exact) mass is 355 g/mol. The molecule has 0 spiro atoms. The molecule has 9 heteroatoms. The smallest absolute Gasteiger partial charge is 0.435 e. The van der Waals surface area contributed by atoms with Gasteiger partial charge in [-0.3, -0.25) is 9.67 Å². The molecule has 0 amide bonds. The first kappa shape index (κ1) is 18.6. The molecule has 0 radical (unpaired) electrons. The van der Waals surface area contributed by atoms with Gasteiger partial charge in [0.05, 0.1) is 7.11 Å². The second-order valence-corrected chi connectivity index (χ2v) is 5.30. The number of hydrogen-bond donors (Lipinski definition) is 2. The van der Waals surface area contributed by atoms with E-state index in [4.69, 9.17) is 4.74 Å². The van der Waals surface area contributed by atoms with E-state index in [0.717, 1.165) is 16.0 Å². The van der Waals surface area contributed by atoms with Crippen LogP contribution in [0.5, 0.6) is 5.75 Å². The Labute approximate surface area is 143 Å². The minimum atomic E-state index is -4.49. The quantitative estimate of drug-likeness (QED) is 0.638. The molecule has 0 atom stereocenters. The summed E-state index contributed by atoms with van der Waals surface area (Å²) in [5, 5.41) is 9.39. The lowest BCUT2D eigenvalue weighted by atomic mass is 10.2. The Morgan fingerprint density at radius 1 is 1.20 bits per heavy atom. The molecule has 2 rings (SSSR count). The average Bonchev–Trinajstić information content (AvgIpc) is 2.96. The molecule has 0 bridgehead atoms. The highest BCUT2D eigenvalue weighted by atomic mass is 19.4. The van der Waals surface area contributed by atoms with Crippen molar-refractivity contribution < 1.29 is 17.9 Å². The van der Waals surface area contributed by atoms with E-state index in [-0.39, 0.29) is 12.1 Å². The number of benzene rings is 1. The zero-order valence-electron chi connectivity index (χ0n) is 14.2. The van der Waals surface area contributed by atoms with E-state index in [1.54, 1.807) is 14.2 Å². The minimum absolute atomic E-state index is 0.0367. The molecule has 25 heavy (non-hydrogen) atoms. The van der Waals surface area contributed by atoms with Crippen molar-refractivity contribution in [1.29, 1.82) is 0 Å². The highest BCUT2D eigenvalue weighted by molar-refractivity contribution is 5.79. The van der Waals surface area contributed by atoms with Gasteiger partial charge in [0, 0.05) is 38.9 Å². The first-order chi connectivity index (χ1) is 11.8. The number of halogens is 3. The topological polar surface area (TPSA) is 63.5 Å². The van der Waals surface area contributed by atoms with E-state index in [2.05, 4.69) is 20.7 Å². The van der Waals surface area contributed by atoms with E-state index < -0.39 is 11.9 Å². The average molecular weight is 355 g/mol. The molecule has 0 aliphatic rings. The van der Waals surface area contributed by atoms with Crippen molar-refractivity contribution in [1.82, 2.24) is 20.4 Å². The second-order valence-electron chi connectivity index (χ2n) is 5.30. The molecule has 1 heterocycles. The third-order valence-corrected chi connectivity index (χ3v) is 3.46. The van der Waals surface area contributed by atoms with Crippen LogP contribution in [0.2, 0.25) is 0 Å². The number of hydrogen-bond acceptors (Lipinski definition) is 3. The lowest BCUT2D eigenvalue weighted by molar-refractivity contribution is -0.142. The van der Waals surface area contributed by atoms with Crippen LogP contribution in [-0.4, -0.2) is 29.9 Å². The highest BCUT2D eigenvalue weighted by Gasteiger charge is 2.36. The lowest BCUT2D eigenvalue weighted by Crippen LogP contribution is -2.36. The van der Waals surface area contributed by atoms with Gasteiger partial charge in [0.1, 0.15) is 5.75 Å². The molecule has 0 aliphatic heterocycles. The molecule has 2 aromatic rings. The van der Waals surface area contributed by atoms with Gasteiger partial charge in [0.25, 0.3) is 0 Å². The van der Waals surface area contributed by atoms with Crippen molar-refractivity contribution in [2.75, 3.05) is 14.2 Å². The van der Waals surface area contributed by atoms with E-state index in [9.17, 15) is 13.2 Å². The molecular formula is C16H20F3N5O. The SMILES string of the molecule is CN=C(NCc1ccc(OC)cc1)NCc1cn(C)nc1C(F)(F)F. The van der Waals surface area contributed by atoms with Crippen molar-refractivity contribution in [2.45, 2.75) is 19.3 Å². The summed E-state index contributed by atoms with van der Waals surface area (Å²) < 4.78 is 45.1. The van der Waals surface area contributed by atoms with E-state index in [0.29, 0.717) is 12.5 Å². The van der Waals surface area contributed by atoms with E-state index >= 15 is 0 Å². The first-order valence-electron chi connectivity index (χ1n) is 7.50. The molecule has 0 fully saturated rings. The van der Waals surface area contributed by atoms with Crippen molar-refractivity contribution in [3.63, 3.8) is 0 Å². The van der Waals surface area contributed by atoms with Gasteiger partial charge in [-0.1, -0.05) is 12.1 Å². The third-order valence-electron chi connectivity index (χ3n) is 3.46. The summed E-state index contributed by atoms with van der Waals surface area (Å²) in [6, 6.07) is 7.45. The van der Waals surface area contributed by atoms with Crippen molar-refractivity contribution in [3.05, 3.63) is 47.3 Å². The first-order valence-corrected chi connectivity index (χ1v) is 7.50. The summed E-state index contributed by atoms with van der Waals surface area (Å²) in [4.78, 5) is 4.01. The normalized spacial score (nSPS) is 12.2. The lowest BCUT2D eigenvalue weighted by Gasteiger charge is -2.13. The predicted octanol–water partition coefficient (Wildman–Crippen LogP) is 2.31. The van der Waals surface area contributed by atoms with Crippen LogP contribution in [0.4, 0.5) is 13.2 Å². The molecule has 1 aromatic carbocycles. The van der Waals surface area contributed by atoms with Gasteiger partial charge in [-0.2, -0.15) is 18.3 Å². The fourth-order valence-electron chi connectivity index (χ4n) is 2.23. The molecule has 0 saturated carbocycles. The number of rotatable bonds is 5. The Kier molecular flexibility index (Phi) is 5.89. The van der Waals surface area contributed by atoms with Gasteiger partial charge < -0.3 is 15.4 Å². The molecule has 1 aromatic heterocycles. The van der Waals surface area contributed by atoms with Crippen molar-refractivity contribution in [2.24, 2.45) is 12.0 Å². The summed E-state index contributed by atoms with van der Waals surface area (Å²) >= 11 is 0. The van der Waals surface area contributed by atoms with Crippen LogP contribution in [0.3, 0.4) is 0 Å². The summed E-state index contributed by atoms with van der Waals surface area (Å²) in [7, 11) is 4.60. The Morgan fingerprint density at radius 2 is 1.84 bits per heavy atom. The Morgan fingerprint density at radius 3 is 2.40 bits per heavy atom. The van der Waals surface area contributed by atoms with Gasteiger partial charge in [0.2, 0.25) is 0 Å². The largest absolute Gasteiger partial charge is 0.497 e. The van der Waals surface area contributed by atoms with Gasteiger partial charge in [-0.25, -0.2) is 0 Å². The predicted molar refractivity (Wildman–Crippen MR) is 88.2 cm³/mol. The molecule has 6 nitrogen and oxygen atoms in total. The van der Waals surface area contributed by atoms with Gasteiger partial charge in [-0.05, 0) is 17.7 Å². The Hall–Kier alpha value is -2.71. The summed E-state index contributed by atoms with van der Waals surface area (Å²) in [5.41, 5.74) is 0.150. The number of nitrogens with one attached hydrogen (secondary N) is 2.